The zero-order chi connectivity index (χ0) is 27.9. The van der Waals surface area contributed by atoms with Crippen LogP contribution in [0.5, 0.6) is 0 Å². The summed E-state index contributed by atoms with van der Waals surface area (Å²) < 4.78 is 0. The highest BCUT2D eigenvalue weighted by molar-refractivity contribution is 5.87. The quantitative estimate of drug-likeness (QED) is 0.222. The summed E-state index contributed by atoms with van der Waals surface area (Å²) in [6.45, 7) is 0. The normalized spacial score (nSPS) is 21.4. The first-order valence-electron chi connectivity index (χ1n) is 14.9. The molecular formula is C41H31N. The van der Waals surface area contributed by atoms with E-state index in [2.05, 4.69) is 164 Å². The van der Waals surface area contributed by atoms with E-state index in [1.54, 1.807) is 0 Å². The second kappa shape index (κ2) is 10.4. The molecule has 0 fully saturated rings. The summed E-state index contributed by atoms with van der Waals surface area (Å²) in [7, 11) is 0. The molecule has 42 heavy (non-hydrogen) atoms. The van der Waals surface area contributed by atoms with Crippen molar-refractivity contribution in [2.24, 2.45) is 11.8 Å². The van der Waals surface area contributed by atoms with Crippen molar-refractivity contribution < 1.29 is 0 Å². The molecule has 8 rings (SSSR count). The van der Waals surface area contributed by atoms with Gasteiger partial charge >= 0.3 is 0 Å². The first kappa shape index (κ1) is 24.8. The van der Waals surface area contributed by atoms with Crippen LogP contribution in [0.2, 0.25) is 0 Å². The first-order chi connectivity index (χ1) is 20.8. The number of aromatic nitrogens is 1. The Balaban J connectivity index is 1.28. The molecular weight excluding hydrogens is 506 g/mol. The van der Waals surface area contributed by atoms with Crippen LogP contribution in [0.25, 0.3) is 44.8 Å². The summed E-state index contributed by atoms with van der Waals surface area (Å²) in [4.78, 5) is 5.12. The van der Waals surface area contributed by atoms with Gasteiger partial charge in [-0.3, -0.25) is 0 Å². The highest BCUT2D eigenvalue weighted by Gasteiger charge is 2.39. The molecule has 1 heterocycles. The number of allylic oxidation sites excluding steroid dienone is 8. The molecule has 3 aliphatic carbocycles. The van der Waals surface area contributed by atoms with Gasteiger partial charge in [-0.1, -0.05) is 152 Å². The highest BCUT2D eigenvalue weighted by Crippen LogP contribution is 2.52. The fourth-order valence-electron chi connectivity index (χ4n) is 7.13. The topological polar surface area (TPSA) is 12.9 Å². The Morgan fingerprint density at radius 1 is 0.381 bits per heavy atom. The van der Waals surface area contributed by atoms with Crippen LogP contribution in [-0.4, -0.2) is 4.98 Å². The molecule has 3 aliphatic rings. The lowest BCUT2D eigenvalue weighted by atomic mass is 9.61. The van der Waals surface area contributed by atoms with Gasteiger partial charge in [-0.2, -0.15) is 0 Å². The van der Waals surface area contributed by atoms with E-state index in [9.17, 15) is 0 Å². The van der Waals surface area contributed by atoms with E-state index < -0.39 is 0 Å². The van der Waals surface area contributed by atoms with Crippen LogP contribution in [0.4, 0.5) is 0 Å². The summed E-state index contributed by atoms with van der Waals surface area (Å²) >= 11 is 0. The molecule has 0 spiro atoms. The molecule has 1 aromatic heterocycles. The van der Waals surface area contributed by atoms with E-state index in [0.717, 1.165) is 22.5 Å². The van der Waals surface area contributed by atoms with Gasteiger partial charge in [0.25, 0.3) is 0 Å². The highest BCUT2D eigenvalue weighted by atomic mass is 14.7. The lowest BCUT2D eigenvalue weighted by molar-refractivity contribution is 0.370. The van der Waals surface area contributed by atoms with Crippen molar-refractivity contribution in [1.82, 2.24) is 4.98 Å². The molecule has 0 bridgehead atoms. The van der Waals surface area contributed by atoms with Crippen LogP contribution < -0.4 is 0 Å². The van der Waals surface area contributed by atoms with Crippen molar-refractivity contribution in [2.75, 3.05) is 0 Å². The average molecular weight is 538 g/mol. The summed E-state index contributed by atoms with van der Waals surface area (Å²) in [5.74, 6) is 1.82. The number of rotatable bonds is 4. The zero-order valence-electron chi connectivity index (χ0n) is 23.3. The second-order valence-corrected chi connectivity index (χ2v) is 11.5. The Bertz CT molecular complexity index is 1830. The molecule has 4 unspecified atom stereocenters. The van der Waals surface area contributed by atoms with Crippen LogP contribution in [0.1, 0.15) is 23.0 Å². The Morgan fingerprint density at radius 3 is 1.48 bits per heavy atom. The molecule has 0 aliphatic heterocycles. The third-order valence-electron chi connectivity index (χ3n) is 9.12. The smallest absolute Gasteiger partial charge is 0.0715 e. The fourth-order valence-corrected chi connectivity index (χ4v) is 7.13. The van der Waals surface area contributed by atoms with Gasteiger partial charge in [-0.25, -0.2) is 4.98 Å². The molecule has 0 N–H and O–H groups in total. The van der Waals surface area contributed by atoms with Crippen LogP contribution in [0.15, 0.2) is 164 Å². The van der Waals surface area contributed by atoms with E-state index in [1.807, 2.05) is 0 Å². The molecule has 4 aromatic carbocycles. The summed E-state index contributed by atoms with van der Waals surface area (Å²) in [5, 5.41) is 0. The van der Waals surface area contributed by atoms with Gasteiger partial charge in [-0.05, 0) is 57.3 Å². The van der Waals surface area contributed by atoms with Crippen LogP contribution >= 0.6 is 0 Å². The van der Waals surface area contributed by atoms with Crippen molar-refractivity contribution in [3.8, 4) is 44.8 Å². The van der Waals surface area contributed by atoms with Crippen molar-refractivity contribution in [1.29, 1.82) is 0 Å². The predicted octanol–water partition coefficient (Wildman–Crippen LogP) is 10.4. The Hall–Kier alpha value is -5.01. The predicted molar refractivity (Wildman–Crippen MR) is 175 cm³/mol. The molecule has 0 saturated carbocycles. The number of hydrogen-bond acceptors (Lipinski definition) is 1. The van der Waals surface area contributed by atoms with Crippen LogP contribution in [0, 0.1) is 11.8 Å². The molecule has 0 amide bonds. The number of fused-ring (bicyclic) bond motifs is 6. The Kier molecular flexibility index (Phi) is 6.15. The van der Waals surface area contributed by atoms with E-state index >= 15 is 0 Å². The van der Waals surface area contributed by atoms with Gasteiger partial charge in [0, 0.05) is 23.0 Å². The van der Waals surface area contributed by atoms with Gasteiger partial charge in [0.1, 0.15) is 0 Å². The SMILES string of the molecule is C1=CC2c3ccc(-c4ccccc4-c4cc(-c5ccccc5)nc(-c5ccccc5)c4)cc3C3C=CC=CC3C2C=C1. The van der Waals surface area contributed by atoms with Gasteiger partial charge < -0.3 is 0 Å². The minimum absolute atomic E-state index is 0.393. The van der Waals surface area contributed by atoms with Crippen molar-refractivity contribution >= 4 is 0 Å². The third kappa shape index (κ3) is 4.30. The van der Waals surface area contributed by atoms with E-state index in [1.165, 1.54) is 33.4 Å². The monoisotopic (exact) mass is 537 g/mol. The second-order valence-electron chi connectivity index (χ2n) is 11.5. The molecule has 1 heteroatoms. The van der Waals surface area contributed by atoms with E-state index in [4.69, 9.17) is 4.98 Å². The fraction of sp³-hybridized carbons (Fsp3) is 0.0976. The van der Waals surface area contributed by atoms with E-state index in [0.29, 0.717) is 23.7 Å². The maximum absolute atomic E-state index is 5.12. The lowest BCUT2D eigenvalue weighted by Gasteiger charge is -2.42. The molecule has 200 valence electrons. The number of nitrogens with zero attached hydrogens (tertiary/aromatic N) is 1. The minimum atomic E-state index is 0.393. The van der Waals surface area contributed by atoms with Gasteiger partial charge in [0.2, 0.25) is 0 Å². The summed E-state index contributed by atoms with van der Waals surface area (Å²) in [5.41, 5.74) is 12.0. The van der Waals surface area contributed by atoms with Crippen LogP contribution in [-0.2, 0) is 0 Å². The Labute approximate surface area is 247 Å². The van der Waals surface area contributed by atoms with E-state index in [-0.39, 0.29) is 0 Å². The minimum Gasteiger partial charge on any atom is -0.248 e. The molecule has 0 radical (unpaired) electrons. The van der Waals surface area contributed by atoms with Crippen molar-refractivity contribution in [3.63, 3.8) is 0 Å². The standard InChI is InChI=1S/C41H31N/c1-3-13-28(14-4-1)40-26-31(27-41(42-40)29-15-5-2-6-16-29)33-18-8-7-17-32(33)30-23-24-38-36-21-10-9-19-34(36)35-20-11-12-22-37(35)39(38)25-30/h1-27,34-37H. The Morgan fingerprint density at radius 2 is 0.881 bits per heavy atom. The van der Waals surface area contributed by atoms with Crippen LogP contribution in [0.3, 0.4) is 0 Å². The van der Waals surface area contributed by atoms with Gasteiger partial charge in [0.15, 0.2) is 0 Å². The van der Waals surface area contributed by atoms with Gasteiger partial charge in [-0.15, -0.1) is 0 Å². The largest absolute Gasteiger partial charge is 0.248 e. The molecule has 1 nitrogen and oxygen atoms in total. The zero-order valence-corrected chi connectivity index (χ0v) is 23.3. The molecule has 4 atom stereocenters. The first-order valence-corrected chi connectivity index (χ1v) is 14.9. The lowest BCUT2D eigenvalue weighted by Crippen LogP contribution is -2.31. The van der Waals surface area contributed by atoms with Crippen molar-refractivity contribution in [2.45, 2.75) is 11.8 Å². The molecule has 0 saturated heterocycles. The third-order valence-corrected chi connectivity index (χ3v) is 9.12. The maximum atomic E-state index is 5.12. The van der Waals surface area contributed by atoms with Gasteiger partial charge in [0.05, 0.1) is 11.4 Å². The summed E-state index contributed by atoms with van der Waals surface area (Å²) in [6.07, 6.45) is 18.5. The van der Waals surface area contributed by atoms with Crippen molar-refractivity contribution in [3.05, 3.63) is 175 Å². The number of pyridine rings is 1. The number of hydrogen-bond donors (Lipinski definition) is 0. The molecule has 5 aromatic rings. The average Bonchev–Trinajstić information content (AvgIpc) is 3.09. The maximum Gasteiger partial charge on any atom is 0.0715 e. The number of benzene rings is 4. The summed E-state index contributed by atoms with van der Waals surface area (Å²) in [6, 6.07) is 41.5.